The van der Waals surface area contributed by atoms with Gasteiger partial charge in [-0.3, -0.25) is 9.59 Å². The Balaban J connectivity index is 1.53. The first kappa shape index (κ1) is 26.0. The molecule has 35 heavy (non-hydrogen) atoms. The molecule has 0 saturated heterocycles. The summed E-state index contributed by atoms with van der Waals surface area (Å²) in [5, 5.41) is 15.5. The molecule has 0 aliphatic carbocycles. The summed E-state index contributed by atoms with van der Waals surface area (Å²) >= 11 is 0. The summed E-state index contributed by atoms with van der Waals surface area (Å²) in [6, 6.07) is 17.1. The summed E-state index contributed by atoms with van der Waals surface area (Å²) in [7, 11) is 0. The minimum Gasteiger partial charge on any atom is -0.382 e. The Hall–Kier alpha value is -3.66. The molecule has 3 rings (SSSR count). The van der Waals surface area contributed by atoms with Crippen molar-refractivity contribution < 1.29 is 23.5 Å². The first-order valence-corrected chi connectivity index (χ1v) is 11.1. The van der Waals surface area contributed by atoms with E-state index in [-0.39, 0.29) is 24.1 Å². The van der Waals surface area contributed by atoms with Crippen LogP contribution in [0.15, 0.2) is 72.8 Å². The minimum atomic E-state index is -1.45. The van der Waals surface area contributed by atoms with Crippen LogP contribution in [0.5, 0.6) is 0 Å². The number of rotatable bonds is 10. The Morgan fingerprint density at radius 2 is 1.66 bits per heavy atom. The lowest BCUT2D eigenvalue weighted by Crippen LogP contribution is -2.44. The number of halogens is 2. The molecular formula is C26H28F2N4O3. The molecule has 0 heterocycles. The summed E-state index contributed by atoms with van der Waals surface area (Å²) in [6.45, 7) is 0.0262. The van der Waals surface area contributed by atoms with E-state index in [2.05, 4.69) is 10.6 Å². The maximum atomic E-state index is 13.8. The summed E-state index contributed by atoms with van der Waals surface area (Å²) in [5.41, 5.74) is 13.5. The molecule has 0 fully saturated rings. The molecule has 3 aromatic carbocycles. The Morgan fingerprint density at radius 1 is 0.914 bits per heavy atom. The predicted molar refractivity (Wildman–Crippen MR) is 130 cm³/mol. The highest BCUT2D eigenvalue weighted by Crippen LogP contribution is 2.14. The largest absolute Gasteiger partial charge is 0.382 e. The molecule has 7 nitrogen and oxygen atoms in total. The first-order valence-electron chi connectivity index (χ1n) is 11.1. The summed E-state index contributed by atoms with van der Waals surface area (Å²) < 4.78 is 27.1. The number of aliphatic hydroxyl groups excluding tert-OH is 1. The van der Waals surface area contributed by atoms with E-state index in [4.69, 9.17) is 11.5 Å². The lowest BCUT2D eigenvalue weighted by Gasteiger charge is -2.19. The van der Waals surface area contributed by atoms with E-state index in [1.165, 1.54) is 6.07 Å². The van der Waals surface area contributed by atoms with Crippen LogP contribution in [-0.2, 0) is 17.6 Å². The quantitative estimate of drug-likeness (QED) is 0.302. The van der Waals surface area contributed by atoms with Gasteiger partial charge < -0.3 is 27.2 Å². The standard InChI is InChI=1S/C26H28F2N4O3/c27-19-9-10-22(28)18(12-19)13-20(29)15-31-25(34)17-7-4-8-21(14-17)32-26(35)24(33)23(30)11-16-5-2-1-3-6-16/h1-10,12,14,20,23-24,33H,11,13,15,29-30H2,(H,31,34)(H,32,35)/t20?,23-,24+/m1/s1. The molecule has 184 valence electrons. The number of benzene rings is 3. The third-order valence-corrected chi connectivity index (χ3v) is 5.40. The smallest absolute Gasteiger partial charge is 0.254 e. The Morgan fingerprint density at radius 3 is 2.40 bits per heavy atom. The molecule has 0 bridgehead atoms. The summed E-state index contributed by atoms with van der Waals surface area (Å²) in [5.74, 6) is -2.28. The molecule has 0 saturated carbocycles. The van der Waals surface area contributed by atoms with Crippen LogP contribution in [0.4, 0.5) is 14.5 Å². The van der Waals surface area contributed by atoms with E-state index in [0.717, 1.165) is 23.8 Å². The highest BCUT2D eigenvalue weighted by atomic mass is 19.1. The van der Waals surface area contributed by atoms with Gasteiger partial charge in [0.25, 0.3) is 11.8 Å². The number of hydrogen-bond acceptors (Lipinski definition) is 5. The van der Waals surface area contributed by atoms with Crippen molar-refractivity contribution in [3.05, 3.63) is 101 Å². The molecule has 3 aromatic rings. The van der Waals surface area contributed by atoms with Gasteiger partial charge in [0.2, 0.25) is 0 Å². The lowest BCUT2D eigenvalue weighted by molar-refractivity contribution is -0.124. The zero-order valence-electron chi connectivity index (χ0n) is 19.0. The Labute approximate surface area is 202 Å². The molecule has 0 spiro atoms. The minimum absolute atomic E-state index is 0.0262. The van der Waals surface area contributed by atoms with Gasteiger partial charge in [-0.2, -0.15) is 0 Å². The summed E-state index contributed by atoms with van der Waals surface area (Å²) in [6.07, 6.45) is -1.09. The zero-order chi connectivity index (χ0) is 25.4. The van der Waals surface area contributed by atoms with Crippen molar-refractivity contribution in [2.24, 2.45) is 11.5 Å². The maximum Gasteiger partial charge on any atom is 0.254 e. The maximum absolute atomic E-state index is 13.8. The number of carbonyl (C=O) groups excluding carboxylic acids is 2. The van der Waals surface area contributed by atoms with Crippen LogP contribution in [0, 0.1) is 11.6 Å². The molecule has 2 amide bonds. The molecule has 0 aliphatic heterocycles. The number of carbonyl (C=O) groups is 2. The fourth-order valence-electron chi connectivity index (χ4n) is 3.53. The van der Waals surface area contributed by atoms with Gasteiger partial charge in [0.05, 0.1) is 0 Å². The van der Waals surface area contributed by atoms with Gasteiger partial charge in [-0.15, -0.1) is 0 Å². The van der Waals surface area contributed by atoms with Gasteiger partial charge in [0.1, 0.15) is 17.7 Å². The summed E-state index contributed by atoms with van der Waals surface area (Å²) in [4.78, 5) is 25.0. The number of nitrogens with one attached hydrogen (secondary N) is 2. The van der Waals surface area contributed by atoms with E-state index in [1.807, 2.05) is 30.3 Å². The number of anilines is 1. The molecule has 0 aromatic heterocycles. The molecule has 0 aliphatic rings. The average Bonchev–Trinajstić information content (AvgIpc) is 2.85. The van der Waals surface area contributed by atoms with Gasteiger partial charge in [-0.05, 0) is 60.4 Å². The van der Waals surface area contributed by atoms with Crippen LogP contribution in [0.2, 0.25) is 0 Å². The lowest BCUT2D eigenvalue weighted by atomic mass is 10.0. The van der Waals surface area contributed by atoms with Crippen molar-refractivity contribution in [3.63, 3.8) is 0 Å². The van der Waals surface area contributed by atoms with Crippen LogP contribution in [0.1, 0.15) is 21.5 Å². The van der Waals surface area contributed by atoms with Crippen LogP contribution in [0.3, 0.4) is 0 Å². The second kappa shape index (κ2) is 12.2. The third kappa shape index (κ3) is 7.68. The average molecular weight is 483 g/mol. The zero-order valence-corrected chi connectivity index (χ0v) is 19.0. The van der Waals surface area contributed by atoms with Crippen molar-refractivity contribution in [2.75, 3.05) is 11.9 Å². The molecule has 1 unspecified atom stereocenters. The van der Waals surface area contributed by atoms with E-state index in [1.54, 1.807) is 18.2 Å². The van der Waals surface area contributed by atoms with E-state index in [9.17, 15) is 23.5 Å². The van der Waals surface area contributed by atoms with Gasteiger partial charge in [0.15, 0.2) is 0 Å². The molecule has 3 atom stereocenters. The van der Waals surface area contributed by atoms with E-state index < -0.39 is 41.6 Å². The van der Waals surface area contributed by atoms with E-state index >= 15 is 0 Å². The predicted octanol–water partition coefficient (Wildman–Crippen LogP) is 2.13. The normalized spacial score (nSPS) is 13.5. The van der Waals surface area contributed by atoms with Crippen LogP contribution >= 0.6 is 0 Å². The van der Waals surface area contributed by atoms with Crippen LogP contribution in [-0.4, -0.2) is 41.7 Å². The monoisotopic (exact) mass is 482 g/mol. The Kier molecular flexibility index (Phi) is 9.02. The van der Waals surface area contributed by atoms with Crippen molar-refractivity contribution in [1.29, 1.82) is 0 Å². The molecular weight excluding hydrogens is 454 g/mol. The highest BCUT2D eigenvalue weighted by Gasteiger charge is 2.23. The first-order chi connectivity index (χ1) is 16.7. The fourth-order valence-corrected chi connectivity index (χ4v) is 3.53. The number of hydrogen-bond donors (Lipinski definition) is 5. The van der Waals surface area contributed by atoms with Gasteiger partial charge >= 0.3 is 0 Å². The highest BCUT2D eigenvalue weighted by molar-refractivity contribution is 5.98. The third-order valence-electron chi connectivity index (χ3n) is 5.40. The number of nitrogens with two attached hydrogens (primary N) is 2. The van der Waals surface area contributed by atoms with E-state index in [0.29, 0.717) is 12.1 Å². The Bertz CT molecular complexity index is 1160. The van der Waals surface area contributed by atoms with Crippen molar-refractivity contribution in [2.45, 2.75) is 31.0 Å². The topological polar surface area (TPSA) is 130 Å². The van der Waals surface area contributed by atoms with Crippen LogP contribution < -0.4 is 22.1 Å². The molecule has 7 N–H and O–H groups in total. The fraction of sp³-hybridized carbons (Fsp3) is 0.231. The van der Waals surface area contributed by atoms with Crippen LogP contribution in [0.25, 0.3) is 0 Å². The number of aliphatic hydroxyl groups is 1. The second-order valence-electron chi connectivity index (χ2n) is 8.28. The van der Waals surface area contributed by atoms with Crippen molar-refractivity contribution in [3.8, 4) is 0 Å². The van der Waals surface area contributed by atoms with Crippen molar-refractivity contribution >= 4 is 17.5 Å². The van der Waals surface area contributed by atoms with Gasteiger partial charge in [0, 0.05) is 29.9 Å². The van der Waals surface area contributed by atoms with Gasteiger partial charge in [-0.25, -0.2) is 8.78 Å². The molecule has 0 radical (unpaired) electrons. The molecule has 9 heteroatoms. The van der Waals surface area contributed by atoms with Crippen molar-refractivity contribution in [1.82, 2.24) is 5.32 Å². The second-order valence-corrected chi connectivity index (χ2v) is 8.28. The van der Waals surface area contributed by atoms with Gasteiger partial charge in [-0.1, -0.05) is 36.4 Å². The SMILES string of the molecule is NC(CNC(=O)c1cccc(NC(=O)[C@@H](O)[C@H](N)Cc2ccccc2)c1)Cc1cc(F)ccc1F. The number of amides is 2.